The van der Waals surface area contributed by atoms with Gasteiger partial charge in [0.25, 0.3) is 0 Å². The molecule has 0 fully saturated rings. The monoisotopic (exact) mass is 358 g/mol. The standard InChI is InChI=1S/C20H22O6/c1-4-12(7-8-21)19(23)26-20(2,3)17-10-14-9-13-5-6-18(22)25-15(13)11-16(14)24-17/h4-6,9,11,17,21H,7-8,10H2,1-3H3/b12-4+/t17-/m0/s1. The van der Waals surface area contributed by atoms with Gasteiger partial charge in [0.15, 0.2) is 0 Å². The highest BCUT2D eigenvalue weighted by molar-refractivity contribution is 5.88. The van der Waals surface area contributed by atoms with Gasteiger partial charge < -0.3 is 19.0 Å². The lowest BCUT2D eigenvalue weighted by Crippen LogP contribution is -2.44. The number of carbonyl (C=O) groups is 1. The van der Waals surface area contributed by atoms with Crippen molar-refractivity contribution in [3.63, 3.8) is 0 Å². The second-order valence-electron chi connectivity index (χ2n) is 6.84. The Morgan fingerprint density at radius 2 is 2.15 bits per heavy atom. The summed E-state index contributed by atoms with van der Waals surface area (Å²) in [6, 6.07) is 6.72. The third-order valence-corrected chi connectivity index (χ3v) is 4.60. The molecule has 0 radical (unpaired) electrons. The van der Waals surface area contributed by atoms with Crippen LogP contribution in [0.5, 0.6) is 5.75 Å². The highest BCUT2D eigenvalue weighted by Gasteiger charge is 2.40. The van der Waals surface area contributed by atoms with E-state index in [0.717, 1.165) is 10.9 Å². The number of carbonyl (C=O) groups excluding carboxylic acids is 1. The minimum absolute atomic E-state index is 0.113. The molecule has 6 heteroatoms. The van der Waals surface area contributed by atoms with Gasteiger partial charge in [-0.15, -0.1) is 0 Å². The van der Waals surface area contributed by atoms with Crippen LogP contribution in [0.15, 0.2) is 45.1 Å². The maximum atomic E-state index is 12.3. The van der Waals surface area contributed by atoms with Crippen LogP contribution in [-0.4, -0.2) is 29.4 Å². The summed E-state index contributed by atoms with van der Waals surface area (Å²) < 4.78 is 16.8. The number of esters is 1. The maximum Gasteiger partial charge on any atom is 0.336 e. The van der Waals surface area contributed by atoms with E-state index in [1.54, 1.807) is 39.0 Å². The van der Waals surface area contributed by atoms with Gasteiger partial charge in [0.2, 0.25) is 0 Å². The topological polar surface area (TPSA) is 86.0 Å². The van der Waals surface area contributed by atoms with E-state index >= 15 is 0 Å². The van der Waals surface area contributed by atoms with Crippen molar-refractivity contribution in [1.82, 2.24) is 0 Å². The lowest BCUT2D eigenvalue weighted by molar-refractivity contribution is -0.160. The van der Waals surface area contributed by atoms with Crippen LogP contribution in [0.2, 0.25) is 0 Å². The van der Waals surface area contributed by atoms with Crippen molar-refractivity contribution < 1.29 is 23.8 Å². The zero-order chi connectivity index (χ0) is 18.9. The fraction of sp³-hybridized carbons (Fsp3) is 0.400. The molecule has 3 rings (SSSR count). The molecule has 138 valence electrons. The number of hydrogen-bond donors (Lipinski definition) is 1. The van der Waals surface area contributed by atoms with Gasteiger partial charge in [-0.05, 0) is 38.5 Å². The van der Waals surface area contributed by atoms with Crippen molar-refractivity contribution in [2.75, 3.05) is 6.61 Å². The van der Waals surface area contributed by atoms with Crippen LogP contribution in [0.1, 0.15) is 32.8 Å². The van der Waals surface area contributed by atoms with E-state index in [0.29, 0.717) is 23.3 Å². The summed E-state index contributed by atoms with van der Waals surface area (Å²) in [4.78, 5) is 23.7. The number of fused-ring (bicyclic) bond motifs is 2. The molecule has 0 unspecified atom stereocenters. The molecular weight excluding hydrogens is 336 g/mol. The molecule has 2 heterocycles. The molecule has 1 aliphatic rings. The highest BCUT2D eigenvalue weighted by atomic mass is 16.6. The van der Waals surface area contributed by atoms with Gasteiger partial charge in [-0.3, -0.25) is 0 Å². The van der Waals surface area contributed by atoms with Crippen LogP contribution in [0.3, 0.4) is 0 Å². The Morgan fingerprint density at radius 3 is 2.85 bits per heavy atom. The van der Waals surface area contributed by atoms with E-state index in [1.807, 2.05) is 6.07 Å². The molecule has 0 aliphatic carbocycles. The van der Waals surface area contributed by atoms with E-state index in [1.165, 1.54) is 6.07 Å². The average molecular weight is 358 g/mol. The SMILES string of the molecule is C/C=C(\CCO)C(=O)OC(C)(C)[C@@H]1Cc2cc3ccc(=O)oc3cc2O1. The smallest absolute Gasteiger partial charge is 0.336 e. The molecule has 0 saturated carbocycles. The molecule has 0 bridgehead atoms. The molecule has 1 atom stereocenters. The Bertz CT molecular complexity index is 922. The first-order valence-electron chi connectivity index (χ1n) is 8.57. The summed E-state index contributed by atoms with van der Waals surface area (Å²) in [5.41, 5.74) is 0.591. The Balaban J connectivity index is 1.80. The summed E-state index contributed by atoms with van der Waals surface area (Å²) in [6.45, 7) is 5.22. The largest absolute Gasteiger partial charge is 0.485 e. The second kappa shape index (κ2) is 6.96. The molecule has 1 aliphatic heterocycles. The van der Waals surface area contributed by atoms with Gasteiger partial charge in [0.05, 0.1) is 0 Å². The fourth-order valence-corrected chi connectivity index (χ4v) is 3.05. The summed E-state index contributed by atoms with van der Waals surface area (Å²) in [6.07, 6.45) is 2.11. The van der Waals surface area contributed by atoms with Crippen molar-refractivity contribution >= 4 is 16.9 Å². The first kappa shape index (κ1) is 18.2. The minimum Gasteiger partial charge on any atom is -0.485 e. The summed E-state index contributed by atoms with van der Waals surface area (Å²) in [5.74, 6) is 0.171. The van der Waals surface area contributed by atoms with E-state index < -0.39 is 17.2 Å². The van der Waals surface area contributed by atoms with Crippen LogP contribution in [0, 0.1) is 0 Å². The maximum absolute atomic E-state index is 12.3. The predicted molar refractivity (Wildman–Crippen MR) is 96.2 cm³/mol. The zero-order valence-electron chi connectivity index (χ0n) is 15.1. The molecule has 0 saturated heterocycles. The summed E-state index contributed by atoms with van der Waals surface area (Å²) >= 11 is 0. The van der Waals surface area contributed by atoms with Gasteiger partial charge in [-0.1, -0.05) is 6.08 Å². The molecule has 6 nitrogen and oxygen atoms in total. The first-order valence-corrected chi connectivity index (χ1v) is 8.57. The predicted octanol–water partition coefficient (Wildman–Crippen LogP) is 2.75. The van der Waals surface area contributed by atoms with E-state index in [2.05, 4.69) is 0 Å². The van der Waals surface area contributed by atoms with Crippen molar-refractivity contribution in [2.24, 2.45) is 0 Å². The number of aliphatic hydroxyl groups is 1. The van der Waals surface area contributed by atoms with Crippen LogP contribution < -0.4 is 10.4 Å². The normalized spacial score (nSPS) is 17.1. The third kappa shape index (κ3) is 3.51. The molecule has 2 aromatic rings. The van der Waals surface area contributed by atoms with E-state index in [4.69, 9.17) is 19.0 Å². The third-order valence-electron chi connectivity index (χ3n) is 4.60. The van der Waals surface area contributed by atoms with Gasteiger partial charge in [-0.25, -0.2) is 9.59 Å². The van der Waals surface area contributed by atoms with Gasteiger partial charge >= 0.3 is 11.6 Å². The number of allylic oxidation sites excluding steroid dienone is 1. The Hall–Kier alpha value is -2.60. The highest BCUT2D eigenvalue weighted by Crippen LogP contribution is 2.37. The molecule has 1 N–H and O–H groups in total. The van der Waals surface area contributed by atoms with Crippen molar-refractivity contribution in [3.05, 3.63) is 51.9 Å². The van der Waals surface area contributed by atoms with E-state index in [9.17, 15) is 9.59 Å². The number of ether oxygens (including phenoxy) is 2. The van der Waals surface area contributed by atoms with Crippen LogP contribution in [0.4, 0.5) is 0 Å². The van der Waals surface area contributed by atoms with Gasteiger partial charge in [-0.2, -0.15) is 0 Å². The molecule has 1 aromatic heterocycles. The molecule has 1 aromatic carbocycles. The zero-order valence-corrected chi connectivity index (χ0v) is 15.1. The van der Waals surface area contributed by atoms with Crippen LogP contribution in [-0.2, 0) is 16.0 Å². The number of benzene rings is 1. The van der Waals surface area contributed by atoms with Gasteiger partial charge in [0, 0.05) is 42.5 Å². The molecular formula is C20H22O6. The van der Waals surface area contributed by atoms with Crippen molar-refractivity contribution in [2.45, 2.75) is 45.3 Å². The van der Waals surface area contributed by atoms with Crippen LogP contribution in [0.25, 0.3) is 11.0 Å². The number of aliphatic hydroxyl groups excluding tert-OH is 1. The van der Waals surface area contributed by atoms with Crippen molar-refractivity contribution in [1.29, 1.82) is 0 Å². The number of hydrogen-bond acceptors (Lipinski definition) is 6. The Kier molecular flexibility index (Phi) is 4.87. The molecule has 0 spiro atoms. The quantitative estimate of drug-likeness (QED) is 0.502. The first-order chi connectivity index (χ1) is 12.3. The van der Waals surface area contributed by atoms with E-state index in [-0.39, 0.29) is 19.1 Å². The summed E-state index contributed by atoms with van der Waals surface area (Å²) in [7, 11) is 0. The van der Waals surface area contributed by atoms with Gasteiger partial charge in [0.1, 0.15) is 23.0 Å². The average Bonchev–Trinajstić information content (AvgIpc) is 3.00. The minimum atomic E-state index is -0.868. The fourth-order valence-electron chi connectivity index (χ4n) is 3.05. The second-order valence-corrected chi connectivity index (χ2v) is 6.84. The summed E-state index contributed by atoms with van der Waals surface area (Å²) in [5, 5.41) is 9.87. The number of rotatable bonds is 5. The van der Waals surface area contributed by atoms with Crippen LogP contribution >= 0.6 is 0 Å². The lowest BCUT2D eigenvalue weighted by Gasteiger charge is -2.31. The lowest BCUT2D eigenvalue weighted by atomic mass is 9.96. The Labute approximate surface area is 151 Å². The Morgan fingerprint density at radius 1 is 1.38 bits per heavy atom. The molecule has 0 amide bonds. The van der Waals surface area contributed by atoms with Crippen molar-refractivity contribution in [3.8, 4) is 5.75 Å². The molecule has 26 heavy (non-hydrogen) atoms.